The maximum Gasteiger partial charge on any atom is 0.244 e. The number of nitrogens with zero attached hydrogens (tertiary/aromatic N) is 1. The van der Waals surface area contributed by atoms with Crippen molar-refractivity contribution in [3.05, 3.63) is 18.0 Å². The van der Waals surface area contributed by atoms with E-state index in [1.807, 2.05) is 6.92 Å². The molecule has 0 unspecified atom stereocenters. The molecular weight excluding hydrogens is 286 g/mol. The van der Waals surface area contributed by atoms with Crippen molar-refractivity contribution >= 4 is 10.0 Å². The monoisotopic (exact) mass is 313 g/mol. The van der Waals surface area contributed by atoms with Gasteiger partial charge < -0.3 is 10.3 Å². The second-order valence-corrected chi connectivity index (χ2v) is 8.06. The molecule has 2 N–H and O–H groups in total. The first-order valence-electron chi connectivity index (χ1n) is 7.85. The molecule has 1 aromatic heterocycles. The van der Waals surface area contributed by atoms with Gasteiger partial charge in [-0.05, 0) is 37.8 Å². The summed E-state index contributed by atoms with van der Waals surface area (Å²) in [5, 5.41) is 3.19. The van der Waals surface area contributed by atoms with Gasteiger partial charge in [-0.3, -0.25) is 0 Å². The third kappa shape index (κ3) is 4.31. The number of aromatic amines is 1. The largest absolute Gasteiger partial charge is 0.363 e. The summed E-state index contributed by atoms with van der Waals surface area (Å²) in [7, 11) is -3.36. The molecule has 0 aromatic carbocycles. The third-order valence-electron chi connectivity index (χ3n) is 3.77. The average molecular weight is 313 g/mol. The van der Waals surface area contributed by atoms with Crippen LogP contribution in [0.1, 0.15) is 45.7 Å². The zero-order valence-corrected chi connectivity index (χ0v) is 14.0. The van der Waals surface area contributed by atoms with Crippen molar-refractivity contribution < 1.29 is 8.42 Å². The summed E-state index contributed by atoms with van der Waals surface area (Å²) in [6, 6.07) is 1.96. The number of sulfonamides is 1. The lowest BCUT2D eigenvalue weighted by Gasteiger charge is -2.22. The van der Waals surface area contributed by atoms with Crippen LogP contribution in [0.3, 0.4) is 0 Å². The highest BCUT2D eigenvalue weighted by atomic mass is 32.2. The van der Waals surface area contributed by atoms with Crippen molar-refractivity contribution in [3.63, 3.8) is 0 Å². The summed E-state index contributed by atoms with van der Waals surface area (Å²) < 4.78 is 27.3. The molecule has 0 saturated heterocycles. The Hall–Kier alpha value is -0.850. The van der Waals surface area contributed by atoms with Crippen LogP contribution in [0.15, 0.2) is 17.2 Å². The molecule has 1 saturated carbocycles. The van der Waals surface area contributed by atoms with Crippen LogP contribution >= 0.6 is 0 Å². The molecule has 6 heteroatoms. The van der Waals surface area contributed by atoms with Gasteiger partial charge in [0.1, 0.15) is 0 Å². The number of nitrogens with one attached hydrogen (secondary N) is 2. The maximum absolute atomic E-state index is 12.8. The molecule has 1 aliphatic carbocycles. The summed E-state index contributed by atoms with van der Waals surface area (Å²) >= 11 is 0. The lowest BCUT2D eigenvalue weighted by atomic mass is 10.1. The third-order valence-corrected chi connectivity index (χ3v) is 5.70. The van der Waals surface area contributed by atoms with Crippen LogP contribution in [0.5, 0.6) is 0 Å². The summed E-state index contributed by atoms with van der Waals surface area (Å²) in [5.74, 6) is 0.511. The first kappa shape index (κ1) is 16.5. The minimum absolute atomic E-state index is 0.209. The topological polar surface area (TPSA) is 65.2 Å². The van der Waals surface area contributed by atoms with Gasteiger partial charge in [-0.25, -0.2) is 8.42 Å². The molecule has 1 heterocycles. The molecule has 0 atom stereocenters. The van der Waals surface area contributed by atoms with Gasteiger partial charge in [0, 0.05) is 31.0 Å². The first-order valence-corrected chi connectivity index (χ1v) is 9.29. The number of rotatable bonds is 9. The fourth-order valence-electron chi connectivity index (χ4n) is 2.31. The molecule has 1 aromatic rings. The standard InChI is InChI=1S/C15H27N3O2S/c1-4-16-10-13-9-15(11-17-13)21(19,20)18(14-5-6-14)8-7-12(2)3/h9,11-12,14,16-17H,4-8,10H2,1-3H3. The van der Waals surface area contributed by atoms with Crippen LogP contribution in [-0.4, -0.2) is 36.8 Å². The Kier molecular flexibility index (Phi) is 5.46. The molecule has 1 fully saturated rings. The Labute approximate surface area is 128 Å². The lowest BCUT2D eigenvalue weighted by Crippen LogP contribution is -2.34. The summed E-state index contributed by atoms with van der Waals surface area (Å²) in [4.78, 5) is 3.45. The molecule has 1 aliphatic rings. The van der Waals surface area contributed by atoms with Crippen LogP contribution in [-0.2, 0) is 16.6 Å². The molecule has 2 rings (SSSR count). The lowest BCUT2D eigenvalue weighted by molar-refractivity contribution is 0.373. The molecule has 120 valence electrons. The van der Waals surface area contributed by atoms with Gasteiger partial charge in [-0.2, -0.15) is 4.31 Å². The van der Waals surface area contributed by atoms with Gasteiger partial charge in [0.2, 0.25) is 10.0 Å². The van der Waals surface area contributed by atoms with E-state index in [-0.39, 0.29) is 6.04 Å². The Morgan fingerprint density at radius 1 is 1.43 bits per heavy atom. The van der Waals surface area contributed by atoms with E-state index in [0.717, 1.165) is 31.5 Å². The first-order chi connectivity index (χ1) is 9.95. The molecule has 5 nitrogen and oxygen atoms in total. The minimum Gasteiger partial charge on any atom is -0.363 e. The normalized spacial score (nSPS) is 16.0. The summed E-state index contributed by atoms with van der Waals surface area (Å²) in [6.45, 7) is 8.44. The molecule has 0 bridgehead atoms. The Morgan fingerprint density at radius 3 is 2.71 bits per heavy atom. The van der Waals surface area contributed by atoms with E-state index in [1.54, 1.807) is 16.6 Å². The van der Waals surface area contributed by atoms with Gasteiger partial charge in [0.25, 0.3) is 0 Å². The smallest absolute Gasteiger partial charge is 0.244 e. The predicted molar refractivity (Wildman–Crippen MR) is 84.5 cm³/mol. The van der Waals surface area contributed by atoms with E-state index in [0.29, 0.717) is 23.9 Å². The zero-order valence-electron chi connectivity index (χ0n) is 13.2. The molecule has 0 amide bonds. The van der Waals surface area contributed by atoms with Gasteiger partial charge in [-0.1, -0.05) is 20.8 Å². The molecule has 0 radical (unpaired) electrons. The van der Waals surface area contributed by atoms with Crippen LogP contribution in [0.2, 0.25) is 0 Å². The number of H-pyrrole nitrogens is 1. The second-order valence-electron chi connectivity index (χ2n) is 6.17. The molecule has 0 spiro atoms. The summed E-state index contributed by atoms with van der Waals surface area (Å²) in [5.41, 5.74) is 0.912. The zero-order chi connectivity index (χ0) is 15.5. The molecular formula is C15H27N3O2S. The van der Waals surface area contributed by atoms with Crippen molar-refractivity contribution in [1.29, 1.82) is 0 Å². The number of hydrogen-bond donors (Lipinski definition) is 2. The van der Waals surface area contributed by atoms with E-state index in [1.165, 1.54) is 0 Å². The van der Waals surface area contributed by atoms with Crippen LogP contribution in [0.25, 0.3) is 0 Å². The van der Waals surface area contributed by atoms with Gasteiger partial charge in [-0.15, -0.1) is 0 Å². The molecule has 0 aliphatic heterocycles. The highest BCUT2D eigenvalue weighted by Crippen LogP contribution is 2.32. The second kappa shape index (κ2) is 6.94. The molecule has 21 heavy (non-hydrogen) atoms. The highest BCUT2D eigenvalue weighted by Gasteiger charge is 2.38. The SMILES string of the molecule is CCNCc1cc(S(=O)(=O)N(CCC(C)C)C2CC2)c[nH]1. The van der Waals surface area contributed by atoms with E-state index >= 15 is 0 Å². The van der Waals surface area contributed by atoms with E-state index < -0.39 is 10.0 Å². The van der Waals surface area contributed by atoms with Crippen molar-refractivity contribution in [2.45, 2.75) is 57.5 Å². The van der Waals surface area contributed by atoms with Crippen molar-refractivity contribution in [2.24, 2.45) is 5.92 Å². The number of aromatic nitrogens is 1. The van der Waals surface area contributed by atoms with Crippen molar-refractivity contribution in [1.82, 2.24) is 14.6 Å². The van der Waals surface area contributed by atoms with E-state index in [4.69, 9.17) is 0 Å². The van der Waals surface area contributed by atoms with Crippen LogP contribution in [0, 0.1) is 5.92 Å². The fraction of sp³-hybridized carbons (Fsp3) is 0.733. The van der Waals surface area contributed by atoms with Crippen molar-refractivity contribution in [2.75, 3.05) is 13.1 Å². The van der Waals surface area contributed by atoms with Crippen LogP contribution < -0.4 is 5.32 Å². The van der Waals surface area contributed by atoms with Crippen LogP contribution in [0.4, 0.5) is 0 Å². The summed E-state index contributed by atoms with van der Waals surface area (Å²) in [6.07, 6.45) is 4.51. The quantitative estimate of drug-likeness (QED) is 0.735. The maximum atomic E-state index is 12.8. The van der Waals surface area contributed by atoms with Gasteiger partial charge >= 0.3 is 0 Å². The van der Waals surface area contributed by atoms with Gasteiger partial charge in [0.05, 0.1) is 4.90 Å². The highest BCUT2D eigenvalue weighted by molar-refractivity contribution is 7.89. The Balaban J connectivity index is 2.12. The van der Waals surface area contributed by atoms with E-state index in [2.05, 4.69) is 24.1 Å². The predicted octanol–water partition coefficient (Wildman–Crippen LogP) is 2.32. The van der Waals surface area contributed by atoms with Gasteiger partial charge in [0.15, 0.2) is 0 Å². The minimum atomic E-state index is -3.36. The average Bonchev–Trinajstić information content (AvgIpc) is 3.12. The number of hydrogen-bond acceptors (Lipinski definition) is 3. The van der Waals surface area contributed by atoms with Crippen molar-refractivity contribution in [3.8, 4) is 0 Å². The Morgan fingerprint density at radius 2 is 2.14 bits per heavy atom. The Bertz CT molecular complexity index is 547. The van der Waals surface area contributed by atoms with E-state index in [9.17, 15) is 8.42 Å². The fourth-order valence-corrected chi connectivity index (χ4v) is 4.03.